The lowest BCUT2D eigenvalue weighted by Crippen LogP contribution is -2.34. The summed E-state index contributed by atoms with van der Waals surface area (Å²) in [6.45, 7) is 5.61. The lowest BCUT2D eigenvalue weighted by Gasteiger charge is -2.17. The molecule has 0 aromatic carbocycles. The van der Waals surface area contributed by atoms with E-state index in [4.69, 9.17) is 14.2 Å². The van der Waals surface area contributed by atoms with Crippen molar-refractivity contribution in [2.45, 2.75) is 129 Å². The van der Waals surface area contributed by atoms with Gasteiger partial charge in [0.25, 0.3) is 0 Å². The van der Waals surface area contributed by atoms with Gasteiger partial charge in [0.2, 0.25) is 0 Å². The van der Waals surface area contributed by atoms with Gasteiger partial charge >= 0.3 is 12.2 Å². The number of nitrogens with one attached hydrogen (secondary N) is 2. The smallest absolute Gasteiger partial charge is 0.407 e. The van der Waals surface area contributed by atoms with E-state index in [0.717, 1.165) is 18.5 Å². The number of nitrogens with zero attached hydrogens (tertiary/aromatic N) is 1. The van der Waals surface area contributed by atoms with Crippen LogP contribution in [0.2, 0.25) is 0 Å². The molecule has 0 saturated heterocycles. The highest BCUT2D eigenvalue weighted by molar-refractivity contribution is 5.67. The van der Waals surface area contributed by atoms with Crippen LogP contribution in [-0.4, -0.2) is 56.2 Å². The zero-order chi connectivity index (χ0) is 28.9. The number of pyridine rings is 1. The van der Waals surface area contributed by atoms with E-state index < -0.39 is 18.3 Å². The van der Waals surface area contributed by atoms with Gasteiger partial charge in [0.15, 0.2) is 0 Å². The van der Waals surface area contributed by atoms with E-state index in [-0.39, 0.29) is 13.2 Å². The highest BCUT2D eigenvalue weighted by Crippen LogP contribution is 2.13. The number of aromatic nitrogens is 1. The molecule has 1 unspecified atom stereocenters. The van der Waals surface area contributed by atoms with Gasteiger partial charge in [-0.1, -0.05) is 109 Å². The third kappa shape index (κ3) is 22.5. The second-order valence-electron chi connectivity index (χ2n) is 10.5. The Morgan fingerprint density at radius 3 is 1.68 bits per heavy atom. The molecule has 2 amide bonds. The number of amides is 2. The molecule has 0 aliphatic carbocycles. The molecule has 8 heteroatoms. The average Bonchev–Trinajstić information content (AvgIpc) is 2.96. The minimum Gasteiger partial charge on any atom is -0.447 e. The predicted molar refractivity (Wildman–Crippen MR) is 162 cm³/mol. The number of hydrogen-bond donors (Lipinski definition) is 2. The Balaban J connectivity index is 1.93. The van der Waals surface area contributed by atoms with Crippen molar-refractivity contribution in [3.8, 4) is 0 Å². The summed E-state index contributed by atoms with van der Waals surface area (Å²) in [6.07, 6.45) is 22.0. The summed E-state index contributed by atoms with van der Waals surface area (Å²) in [5.41, 5.74) is 0.897. The molecule has 8 nitrogen and oxygen atoms in total. The van der Waals surface area contributed by atoms with Crippen molar-refractivity contribution in [2.24, 2.45) is 0 Å². The van der Waals surface area contributed by atoms with Crippen LogP contribution in [0.3, 0.4) is 0 Å². The molecule has 0 aliphatic rings. The fourth-order valence-electron chi connectivity index (χ4n) is 4.52. The van der Waals surface area contributed by atoms with Crippen LogP contribution in [0.25, 0.3) is 0 Å². The molecule has 0 fully saturated rings. The third-order valence-electron chi connectivity index (χ3n) is 6.88. The van der Waals surface area contributed by atoms with E-state index in [1.54, 1.807) is 6.20 Å². The lowest BCUT2D eigenvalue weighted by molar-refractivity contribution is -0.0237. The molecule has 1 aromatic heterocycles. The van der Waals surface area contributed by atoms with Crippen LogP contribution in [0, 0.1) is 0 Å². The standard InChI is InChI=1S/C32H57N3O5/c1-3-5-6-7-8-9-10-11-12-13-14-15-16-17-18-20-25-34-31(36)39-27-30(38-4-2)28-40-32(37)35-26-23-29-22-19-21-24-33-29/h19,21-22,24,30H,3-18,20,23,25-28H2,1-2H3,(H,34,36)(H,35,37). The Hall–Kier alpha value is -2.35. The van der Waals surface area contributed by atoms with Gasteiger partial charge < -0.3 is 24.8 Å². The van der Waals surface area contributed by atoms with E-state index in [1.165, 1.54) is 89.9 Å². The van der Waals surface area contributed by atoms with Crippen molar-refractivity contribution in [3.05, 3.63) is 30.1 Å². The average molecular weight is 564 g/mol. The summed E-state index contributed by atoms with van der Waals surface area (Å²) in [7, 11) is 0. The van der Waals surface area contributed by atoms with Crippen LogP contribution in [0.15, 0.2) is 24.4 Å². The van der Waals surface area contributed by atoms with E-state index in [0.29, 0.717) is 26.1 Å². The van der Waals surface area contributed by atoms with Gasteiger partial charge in [-0.2, -0.15) is 0 Å². The number of carbonyl (C=O) groups is 2. The van der Waals surface area contributed by atoms with Gasteiger partial charge in [0.05, 0.1) is 0 Å². The molecule has 0 aliphatic heterocycles. The summed E-state index contributed by atoms with van der Waals surface area (Å²) in [5, 5.41) is 5.49. The maximum Gasteiger partial charge on any atom is 0.407 e. The second-order valence-corrected chi connectivity index (χ2v) is 10.5. The van der Waals surface area contributed by atoms with Gasteiger partial charge in [-0.3, -0.25) is 4.98 Å². The molecule has 0 saturated carbocycles. The van der Waals surface area contributed by atoms with Crippen LogP contribution >= 0.6 is 0 Å². The van der Waals surface area contributed by atoms with Crippen molar-refractivity contribution >= 4 is 12.2 Å². The van der Waals surface area contributed by atoms with Crippen molar-refractivity contribution in [1.82, 2.24) is 15.6 Å². The highest BCUT2D eigenvalue weighted by atomic mass is 16.6. The Bertz CT molecular complexity index is 720. The van der Waals surface area contributed by atoms with Crippen molar-refractivity contribution in [3.63, 3.8) is 0 Å². The topological polar surface area (TPSA) is 98.8 Å². The number of hydrogen-bond acceptors (Lipinski definition) is 6. The van der Waals surface area contributed by atoms with Crippen LogP contribution in [0.1, 0.15) is 122 Å². The molecule has 40 heavy (non-hydrogen) atoms. The SMILES string of the molecule is CCCCCCCCCCCCCCCCCCNC(=O)OCC(COC(=O)NCCc1ccccn1)OCC. The normalized spacial score (nSPS) is 11.7. The molecule has 0 bridgehead atoms. The second kappa shape index (κ2) is 26.9. The first kappa shape index (κ1) is 35.7. The van der Waals surface area contributed by atoms with E-state index in [2.05, 4.69) is 22.5 Å². The van der Waals surface area contributed by atoms with Crippen LogP contribution < -0.4 is 10.6 Å². The minimum atomic E-state index is -0.534. The molecule has 1 rings (SSSR count). The van der Waals surface area contributed by atoms with Gasteiger partial charge in [0, 0.05) is 38.0 Å². The van der Waals surface area contributed by atoms with E-state index >= 15 is 0 Å². The first-order chi connectivity index (χ1) is 19.7. The van der Waals surface area contributed by atoms with E-state index in [1.807, 2.05) is 25.1 Å². The first-order valence-corrected chi connectivity index (χ1v) is 16.0. The summed E-state index contributed by atoms with van der Waals surface area (Å²) >= 11 is 0. The fraction of sp³-hybridized carbons (Fsp3) is 0.781. The van der Waals surface area contributed by atoms with Crippen molar-refractivity contribution in [1.29, 1.82) is 0 Å². The molecule has 1 heterocycles. The van der Waals surface area contributed by atoms with Crippen LogP contribution in [0.4, 0.5) is 9.59 Å². The number of ether oxygens (including phenoxy) is 3. The summed E-state index contributed by atoms with van der Waals surface area (Å²) < 4.78 is 16.0. The number of carbonyl (C=O) groups excluding carboxylic acids is 2. The van der Waals surface area contributed by atoms with Gasteiger partial charge in [-0.05, 0) is 25.5 Å². The molecule has 0 spiro atoms. The maximum atomic E-state index is 12.0. The van der Waals surface area contributed by atoms with E-state index in [9.17, 15) is 9.59 Å². The summed E-state index contributed by atoms with van der Waals surface area (Å²) in [4.78, 5) is 28.2. The van der Waals surface area contributed by atoms with Gasteiger partial charge in [0.1, 0.15) is 19.3 Å². The molecular formula is C32H57N3O5. The zero-order valence-corrected chi connectivity index (χ0v) is 25.4. The Labute approximate surface area is 243 Å². The number of rotatable bonds is 26. The summed E-state index contributed by atoms with van der Waals surface area (Å²) in [6, 6.07) is 5.66. The fourth-order valence-corrected chi connectivity index (χ4v) is 4.52. The monoisotopic (exact) mass is 563 g/mol. The Morgan fingerprint density at radius 2 is 1.20 bits per heavy atom. The minimum absolute atomic E-state index is 0.00959. The first-order valence-electron chi connectivity index (χ1n) is 16.0. The quantitative estimate of drug-likeness (QED) is 0.112. The molecule has 1 aromatic rings. The van der Waals surface area contributed by atoms with Gasteiger partial charge in [-0.15, -0.1) is 0 Å². The Kier molecular flexibility index (Phi) is 23.9. The number of unbranched alkanes of at least 4 members (excludes halogenated alkanes) is 15. The maximum absolute atomic E-state index is 12.0. The molecule has 1 atom stereocenters. The molecule has 2 N–H and O–H groups in total. The van der Waals surface area contributed by atoms with Crippen LogP contribution in [-0.2, 0) is 20.6 Å². The third-order valence-corrected chi connectivity index (χ3v) is 6.88. The van der Waals surface area contributed by atoms with Gasteiger partial charge in [-0.25, -0.2) is 9.59 Å². The highest BCUT2D eigenvalue weighted by Gasteiger charge is 2.15. The molecular weight excluding hydrogens is 506 g/mol. The zero-order valence-electron chi connectivity index (χ0n) is 25.4. The Morgan fingerprint density at radius 1 is 0.700 bits per heavy atom. The predicted octanol–water partition coefficient (Wildman–Crippen LogP) is 7.74. The summed E-state index contributed by atoms with van der Waals surface area (Å²) in [5.74, 6) is 0. The lowest BCUT2D eigenvalue weighted by atomic mass is 10.0. The molecule has 230 valence electrons. The van der Waals surface area contributed by atoms with Crippen LogP contribution in [0.5, 0.6) is 0 Å². The van der Waals surface area contributed by atoms with Crippen molar-refractivity contribution < 1.29 is 23.8 Å². The van der Waals surface area contributed by atoms with Crippen molar-refractivity contribution in [2.75, 3.05) is 32.9 Å². The largest absolute Gasteiger partial charge is 0.447 e. The number of alkyl carbamates (subject to hydrolysis) is 2. The molecule has 0 radical (unpaired) electrons.